The zero-order valence-corrected chi connectivity index (χ0v) is 23.9. The van der Waals surface area contributed by atoms with Crippen molar-refractivity contribution in [3.8, 4) is 0 Å². The average molecular weight is 562 g/mol. The van der Waals surface area contributed by atoms with E-state index in [1.807, 2.05) is 43.3 Å². The molecule has 210 valence electrons. The van der Waals surface area contributed by atoms with Gasteiger partial charge in [-0.25, -0.2) is 0 Å². The molecule has 6 rings (SSSR count). The summed E-state index contributed by atoms with van der Waals surface area (Å²) in [5, 5.41) is 6.73. The summed E-state index contributed by atoms with van der Waals surface area (Å²) in [5.74, 6) is -1.48. The third-order valence-corrected chi connectivity index (χ3v) is 9.76. The lowest BCUT2D eigenvalue weighted by Gasteiger charge is -2.38. The van der Waals surface area contributed by atoms with Crippen molar-refractivity contribution in [2.75, 3.05) is 5.32 Å². The van der Waals surface area contributed by atoms with Crippen molar-refractivity contribution in [3.05, 3.63) is 76.8 Å². The first-order valence-corrected chi connectivity index (χ1v) is 14.7. The lowest BCUT2D eigenvalue weighted by molar-refractivity contribution is -0.142. The maximum Gasteiger partial charge on any atom is 0.246 e. The summed E-state index contributed by atoms with van der Waals surface area (Å²) in [5.41, 5.74) is 1.39. The zero-order chi connectivity index (χ0) is 28.2. The normalized spacial score (nSPS) is 34.1. The minimum absolute atomic E-state index is 0.0348. The lowest BCUT2D eigenvalue weighted by Crippen LogP contribution is -2.57. The van der Waals surface area contributed by atoms with Crippen molar-refractivity contribution in [1.82, 2.24) is 10.2 Å². The molecule has 1 saturated carbocycles. The summed E-state index contributed by atoms with van der Waals surface area (Å²) in [6.07, 6.45) is 6.24. The average Bonchev–Trinajstić information content (AvgIpc) is 3.55. The van der Waals surface area contributed by atoms with Crippen LogP contribution in [-0.4, -0.2) is 46.4 Å². The van der Waals surface area contributed by atoms with Crippen LogP contribution in [0.5, 0.6) is 0 Å². The Bertz CT molecular complexity index is 1360. The Morgan fingerprint density at radius 3 is 2.62 bits per heavy atom. The van der Waals surface area contributed by atoms with E-state index >= 15 is 0 Å². The molecular weight excluding hydrogens is 526 g/mol. The molecule has 2 aromatic rings. The minimum atomic E-state index is -1.20. The summed E-state index contributed by atoms with van der Waals surface area (Å²) in [4.78, 5) is 43.6. The number of fused-ring (bicyclic) bond motifs is 1. The second-order valence-corrected chi connectivity index (χ2v) is 12.5. The molecule has 1 spiro atoms. The summed E-state index contributed by atoms with van der Waals surface area (Å²) >= 11 is 6.13. The Hall–Kier alpha value is -3.16. The topological polar surface area (TPSA) is 87.7 Å². The van der Waals surface area contributed by atoms with E-state index in [9.17, 15) is 14.4 Å². The molecular formula is C32H36ClN3O4. The molecule has 3 amide bonds. The van der Waals surface area contributed by atoms with Gasteiger partial charge in [-0.05, 0) is 48.9 Å². The first-order chi connectivity index (χ1) is 19.2. The van der Waals surface area contributed by atoms with Gasteiger partial charge in [0.05, 0.1) is 17.9 Å². The van der Waals surface area contributed by atoms with Gasteiger partial charge >= 0.3 is 0 Å². The summed E-state index contributed by atoms with van der Waals surface area (Å²) in [6, 6.07) is 14.0. The highest BCUT2D eigenvalue weighted by Crippen LogP contribution is 2.55. The lowest BCUT2D eigenvalue weighted by atomic mass is 9.73. The molecule has 3 aliphatic heterocycles. The molecule has 7 nitrogen and oxygen atoms in total. The number of anilines is 1. The van der Waals surface area contributed by atoms with E-state index in [4.69, 9.17) is 16.3 Å². The smallest absolute Gasteiger partial charge is 0.246 e. The van der Waals surface area contributed by atoms with Crippen molar-refractivity contribution >= 4 is 35.0 Å². The molecule has 0 unspecified atom stereocenters. The van der Waals surface area contributed by atoms with E-state index in [1.165, 1.54) is 0 Å². The Balaban J connectivity index is 1.33. The Labute approximate surface area is 240 Å². The van der Waals surface area contributed by atoms with Crippen molar-refractivity contribution in [3.63, 3.8) is 0 Å². The molecule has 1 aliphatic carbocycles. The fourth-order valence-electron chi connectivity index (χ4n) is 7.17. The number of carbonyl (C=O) groups is 3. The van der Waals surface area contributed by atoms with E-state index in [0.29, 0.717) is 22.5 Å². The molecule has 8 heteroatoms. The van der Waals surface area contributed by atoms with E-state index in [1.54, 1.807) is 29.2 Å². The Kier molecular flexibility index (Phi) is 6.99. The molecule has 4 aliphatic rings. The number of nitrogens with one attached hydrogen (secondary N) is 2. The molecule has 0 radical (unpaired) electrons. The molecule has 8 atom stereocenters. The molecule has 2 N–H and O–H groups in total. The molecule has 2 aromatic carbocycles. The largest absolute Gasteiger partial charge is 0.359 e. The minimum Gasteiger partial charge on any atom is -0.359 e. The number of aryl methyl sites for hydroxylation is 1. The summed E-state index contributed by atoms with van der Waals surface area (Å²) < 4.78 is 6.49. The van der Waals surface area contributed by atoms with Gasteiger partial charge in [-0.1, -0.05) is 86.3 Å². The number of nitrogens with zero attached hydrogens (tertiary/aromatic N) is 1. The van der Waals surface area contributed by atoms with Gasteiger partial charge in [-0.15, -0.1) is 0 Å². The molecule has 40 heavy (non-hydrogen) atoms. The number of ether oxygens (including phenoxy) is 1. The predicted molar refractivity (Wildman–Crippen MR) is 153 cm³/mol. The number of carbonyl (C=O) groups excluding carboxylic acids is 3. The maximum atomic E-state index is 14.2. The first kappa shape index (κ1) is 27.0. The van der Waals surface area contributed by atoms with Crippen LogP contribution < -0.4 is 10.6 Å². The third-order valence-electron chi connectivity index (χ3n) is 9.53. The highest BCUT2D eigenvalue weighted by molar-refractivity contribution is 6.30. The van der Waals surface area contributed by atoms with E-state index in [0.717, 1.165) is 30.4 Å². The van der Waals surface area contributed by atoms with Gasteiger partial charge in [0.15, 0.2) is 0 Å². The maximum absolute atomic E-state index is 14.2. The number of halogens is 1. The SMILES string of the molecule is Cc1ccc(CN2C(=O)[C@@H]3[C@H](C(=O)Nc4cccc(Cl)c4)[C@@H]4C=C[C@@]3(O4)[C@@H]2C(=O)N[C@@H]2CCC[C@@H](C)[C@@H]2C)cc1. The molecule has 3 heterocycles. The Morgan fingerprint density at radius 1 is 1.10 bits per heavy atom. The molecule has 3 fully saturated rings. The van der Waals surface area contributed by atoms with E-state index < -0.39 is 29.6 Å². The number of benzene rings is 2. The van der Waals surface area contributed by atoms with Crippen LogP contribution in [-0.2, 0) is 25.7 Å². The number of hydrogen-bond acceptors (Lipinski definition) is 4. The van der Waals surface area contributed by atoms with Crippen molar-refractivity contribution in [1.29, 1.82) is 0 Å². The van der Waals surface area contributed by atoms with Gasteiger partial charge in [0, 0.05) is 23.3 Å². The molecule has 0 aromatic heterocycles. The van der Waals surface area contributed by atoms with Crippen molar-refractivity contribution < 1.29 is 19.1 Å². The number of rotatable bonds is 6. The van der Waals surface area contributed by atoms with E-state index in [-0.39, 0.29) is 30.3 Å². The van der Waals surface area contributed by atoms with Gasteiger partial charge in [-0.3, -0.25) is 14.4 Å². The zero-order valence-electron chi connectivity index (χ0n) is 23.1. The van der Waals surface area contributed by atoms with Crippen LogP contribution >= 0.6 is 11.6 Å². The van der Waals surface area contributed by atoms with Crippen LogP contribution in [0.1, 0.15) is 44.2 Å². The highest BCUT2D eigenvalue weighted by atomic mass is 35.5. The van der Waals surface area contributed by atoms with Gasteiger partial charge in [0.25, 0.3) is 0 Å². The summed E-state index contributed by atoms with van der Waals surface area (Å²) in [7, 11) is 0. The van der Waals surface area contributed by atoms with Gasteiger partial charge in [0.2, 0.25) is 17.7 Å². The second-order valence-electron chi connectivity index (χ2n) is 12.0. The van der Waals surface area contributed by atoms with Crippen LogP contribution in [0.15, 0.2) is 60.7 Å². The van der Waals surface area contributed by atoms with Crippen LogP contribution in [0.25, 0.3) is 0 Å². The summed E-state index contributed by atoms with van der Waals surface area (Å²) in [6.45, 7) is 6.69. The monoisotopic (exact) mass is 561 g/mol. The number of amides is 3. The van der Waals surface area contributed by atoms with Gasteiger partial charge in [-0.2, -0.15) is 0 Å². The van der Waals surface area contributed by atoms with Crippen LogP contribution in [0.2, 0.25) is 5.02 Å². The van der Waals surface area contributed by atoms with Crippen molar-refractivity contribution in [2.24, 2.45) is 23.7 Å². The van der Waals surface area contributed by atoms with Crippen molar-refractivity contribution in [2.45, 2.75) is 70.4 Å². The van der Waals surface area contributed by atoms with Gasteiger partial charge in [0.1, 0.15) is 11.6 Å². The predicted octanol–water partition coefficient (Wildman–Crippen LogP) is 4.88. The highest BCUT2D eigenvalue weighted by Gasteiger charge is 2.72. The molecule has 2 saturated heterocycles. The second kappa shape index (κ2) is 10.3. The van der Waals surface area contributed by atoms with Crippen LogP contribution in [0.4, 0.5) is 5.69 Å². The number of hydrogen-bond donors (Lipinski definition) is 2. The fourth-order valence-corrected chi connectivity index (χ4v) is 7.36. The Morgan fingerprint density at radius 2 is 1.88 bits per heavy atom. The van der Waals surface area contributed by atoms with Crippen LogP contribution in [0.3, 0.4) is 0 Å². The van der Waals surface area contributed by atoms with Crippen LogP contribution in [0, 0.1) is 30.6 Å². The number of likely N-dealkylation sites (tertiary alicyclic amines) is 1. The van der Waals surface area contributed by atoms with Gasteiger partial charge < -0.3 is 20.3 Å². The first-order valence-electron chi connectivity index (χ1n) is 14.3. The standard InChI is InChI=1S/C32H36ClN3O4/c1-18-10-12-21(13-11-18)17-36-28(30(38)35-24-9-4-6-19(2)20(24)3)32-15-14-25(40-32)26(27(32)31(36)39)29(37)34-23-8-5-7-22(33)16-23/h5,7-8,10-16,19-20,24-28H,4,6,9,17H2,1-3H3,(H,34,37)(H,35,38)/t19-,20+,24-,25+,26-,27+,28+,32+/m1/s1. The third kappa shape index (κ3) is 4.53. The quantitative estimate of drug-likeness (QED) is 0.492. The van der Waals surface area contributed by atoms with E-state index in [2.05, 4.69) is 24.5 Å². The fraction of sp³-hybridized carbons (Fsp3) is 0.469. The molecule has 2 bridgehead atoms.